The Balaban J connectivity index is 3.05. The summed E-state index contributed by atoms with van der Waals surface area (Å²) in [5.41, 5.74) is 6.69. The van der Waals surface area contributed by atoms with Crippen molar-refractivity contribution in [1.29, 1.82) is 5.26 Å². The number of carbonyl (C=O) groups excluding carboxylic acids is 1. The second-order valence-corrected chi connectivity index (χ2v) is 5.37. The Labute approximate surface area is 108 Å². The topological polar surface area (TPSA) is 70.1 Å². The number of rotatable bonds is 2. The summed E-state index contributed by atoms with van der Waals surface area (Å²) in [6.45, 7) is 5.75. The van der Waals surface area contributed by atoms with Gasteiger partial charge in [0, 0.05) is 7.05 Å². The molecule has 1 atom stereocenters. The third-order valence-corrected chi connectivity index (χ3v) is 2.92. The zero-order valence-corrected chi connectivity index (χ0v) is 11.3. The molecule has 1 aromatic carbocycles. The smallest absolute Gasteiger partial charge is 0.244 e. The molecule has 0 aliphatic rings. The van der Waals surface area contributed by atoms with E-state index in [4.69, 9.17) is 11.0 Å². The van der Waals surface area contributed by atoms with E-state index in [0.29, 0.717) is 11.3 Å². The van der Waals surface area contributed by atoms with Crippen molar-refractivity contribution < 1.29 is 4.79 Å². The summed E-state index contributed by atoms with van der Waals surface area (Å²) in [5.74, 6) is -0.190. The van der Waals surface area contributed by atoms with Gasteiger partial charge in [0.05, 0.1) is 17.3 Å². The van der Waals surface area contributed by atoms with Gasteiger partial charge in [-0.1, -0.05) is 32.9 Å². The van der Waals surface area contributed by atoms with Gasteiger partial charge in [0.25, 0.3) is 0 Å². The van der Waals surface area contributed by atoms with Gasteiger partial charge in [-0.05, 0) is 17.5 Å². The minimum atomic E-state index is -0.603. The van der Waals surface area contributed by atoms with Crippen molar-refractivity contribution in [3.8, 4) is 6.07 Å². The van der Waals surface area contributed by atoms with Crippen molar-refractivity contribution in [2.24, 2.45) is 11.1 Å². The maximum absolute atomic E-state index is 12.2. The third-order valence-electron chi connectivity index (χ3n) is 2.92. The molecule has 0 heterocycles. The highest BCUT2D eigenvalue weighted by Crippen LogP contribution is 2.23. The lowest BCUT2D eigenvalue weighted by Gasteiger charge is -2.30. The summed E-state index contributed by atoms with van der Waals surface area (Å²) in [4.78, 5) is 13.7. The molecule has 0 fully saturated rings. The summed E-state index contributed by atoms with van der Waals surface area (Å²) in [6.07, 6.45) is 0. The van der Waals surface area contributed by atoms with Crippen LogP contribution in [0.25, 0.3) is 0 Å². The molecule has 1 aromatic rings. The lowest BCUT2D eigenvalue weighted by molar-refractivity contribution is -0.121. The van der Waals surface area contributed by atoms with Crippen molar-refractivity contribution in [2.75, 3.05) is 11.9 Å². The molecule has 0 radical (unpaired) electrons. The molecule has 18 heavy (non-hydrogen) atoms. The molecule has 1 amide bonds. The molecule has 4 nitrogen and oxygen atoms in total. The summed E-state index contributed by atoms with van der Waals surface area (Å²) in [7, 11) is 1.64. The summed E-state index contributed by atoms with van der Waals surface area (Å²) < 4.78 is 0. The number of hydrogen-bond acceptors (Lipinski definition) is 3. The number of hydrogen-bond donors (Lipinski definition) is 1. The molecule has 0 saturated carbocycles. The lowest BCUT2D eigenvalue weighted by atomic mass is 9.86. The van der Waals surface area contributed by atoms with Gasteiger partial charge in [-0.25, -0.2) is 0 Å². The predicted octanol–water partition coefficient (Wildman–Crippen LogP) is 1.89. The van der Waals surface area contributed by atoms with Crippen LogP contribution in [0.15, 0.2) is 24.3 Å². The van der Waals surface area contributed by atoms with Gasteiger partial charge in [-0.15, -0.1) is 0 Å². The third kappa shape index (κ3) is 2.88. The molecule has 0 saturated heterocycles. The van der Waals surface area contributed by atoms with E-state index in [0.717, 1.165) is 0 Å². The van der Waals surface area contributed by atoms with E-state index in [1.165, 1.54) is 4.90 Å². The zero-order valence-electron chi connectivity index (χ0n) is 11.3. The van der Waals surface area contributed by atoms with E-state index in [1.807, 2.05) is 20.8 Å². The standard InChI is InChI=1S/C14H19N3O/c1-14(2,3)12(16)13(18)17(4)11-8-6-5-7-10(11)9-15/h5-8,12H,16H2,1-4H3. The van der Waals surface area contributed by atoms with E-state index in [-0.39, 0.29) is 11.3 Å². The quantitative estimate of drug-likeness (QED) is 0.865. The first kappa shape index (κ1) is 14.2. The van der Waals surface area contributed by atoms with Gasteiger partial charge in [0.15, 0.2) is 0 Å². The van der Waals surface area contributed by atoms with Crippen LogP contribution in [-0.4, -0.2) is 19.0 Å². The second kappa shape index (κ2) is 5.19. The summed E-state index contributed by atoms with van der Waals surface area (Å²) in [5, 5.41) is 9.03. The van der Waals surface area contributed by atoms with Crippen LogP contribution in [0.3, 0.4) is 0 Å². The van der Waals surface area contributed by atoms with Gasteiger partial charge >= 0.3 is 0 Å². The van der Waals surface area contributed by atoms with E-state index in [1.54, 1.807) is 31.3 Å². The molecule has 2 N–H and O–H groups in total. The summed E-state index contributed by atoms with van der Waals surface area (Å²) >= 11 is 0. The van der Waals surface area contributed by atoms with E-state index in [2.05, 4.69) is 6.07 Å². The largest absolute Gasteiger partial charge is 0.319 e. The number of nitriles is 1. The predicted molar refractivity (Wildman–Crippen MR) is 72.0 cm³/mol. The number of likely N-dealkylation sites (N-methyl/N-ethyl adjacent to an activating group) is 1. The molecule has 96 valence electrons. The molecule has 0 spiro atoms. The van der Waals surface area contributed by atoms with E-state index >= 15 is 0 Å². The first-order valence-corrected chi connectivity index (χ1v) is 5.81. The van der Waals surface area contributed by atoms with Crippen molar-refractivity contribution in [1.82, 2.24) is 0 Å². The molecular weight excluding hydrogens is 226 g/mol. The van der Waals surface area contributed by atoms with Gasteiger partial charge in [0.1, 0.15) is 6.07 Å². The van der Waals surface area contributed by atoms with Gasteiger partial charge in [0.2, 0.25) is 5.91 Å². The molecule has 0 aliphatic heterocycles. The fourth-order valence-corrected chi connectivity index (χ4v) is 1.56. The number of benzene rings is 1. The maximum atomic E-state index is 12.2. The molecule has 0 aromatic heterocycles. The van der Waals surface area contributed by atoms with Crippen LogP contribution in [0, 0.1) is 16.7 Å². The van der Waals surface area contributed by atoms with Crippen LogP contribution in [0.1, 0.15) is 26.3 Å². The van der Waals surface area contributed by atoms with Crippen LogP contribution in [-0.2, 0) is 4.79 Å². The monoisotopic (exact) mass is 245 g/mol. The molecule has 0 aliphatic carbocycles. The van der Waals surface area contributed by atoms with Gasteiger partial charge in [-0.2, -0.15) is 5.26 Å². The fourth-order valence-electron chi connectivity index (χ4n) is 1.56. The first-order chi connectivity index (χ1) is 8.29. The average molecular weight is 245 g/mol. The van der Waals surface area contributed by atoms with Crippen LogP contribution in [0.5, 0.6) is 0 Å². The molecule has 1 rings (SSSR count). The van der Waals surface area contributed by atoms with E-state index in [9.17, 15) is 4.79 Å². The van der Waals surface area contributed by atoms with Crippen molar-refractivity contribution in [3.05, 3.63) is 29.8 Å². The highest BCUT2D eigenvalue weighted by molar-refractivity contribution is 5.98. The Kier molecular flexibility index (Phi) is 4.10. The number of nitrogens with two attached hydrogens (primary N) is 1. The highest BCUT2D eigenvalue weighted by atomic mass is 16.2. The summed E-state index contributed by atoms with van der Waals surface area (Å²) in [6, 6.07) is 8.46. The molecular formula is C14H19N3O. The molecule has 1 unspecified atom stereocenters. The highest BCUT2D eigenvalue weighted by Gasteiger charge is 2.30. The van der Waals surface area contributed by atoms with Crippen LogP contribution in [0.4, 0.5) is 5.69 Å². The normalized spacial score (nSPS) is 12.7. The zero-order chi connectivity index (χ0) is 13.9. The van der Waals surface area contributed by atoms with Gasteiger partial charge in [-0.3, -0.25) is 4.79 Å². The number of amides is 1. The number of nitrogens with zero attached hydrogens (tertiary/aromatic N) is 2. The SMILES string of the molecule is CN(C(=O)C(N)C(C)(C)C)c1ccccc1C#N. The Morgan fingerprint density at radius 3 is 2.44 bits per heavy atom. The lowest BCUT2D eigenvalue weighted by Crippen LogP contribution is -2.49. The minimum absolute atomic E-state index is 0.190. The number of para-hydroxylation sites is 1. The average Bonchev–Trinajstić information content (AvgIpc) is 2.34. The molecule has 0 bridgehead atoms. The van der Waals surface area contributed by atoms with Crippen molar-refractivity contribution in [2.45, 2.75) is 26.8 Å². The second-order valence-electron chi connectivity index (χ2n) is 5.37. The van der Waals surface area contributed by atoms with Gasteiger partial charge < -0.3 is 10.6 Å². The van der Waals surface area contributed by atoms with Crippen LogP contribution < -0.4 is 10.6 Å². The maximum Gasteiger partial charge on any atom is 0.244 e. The van der Waals surface area contributed by atoms with Crippen LogP contribution in [0.2, 0.25) is 0 Å². The Morgan fingerprint density at radius 1 is 1.39 bits per heavy atom. The Hall–Kier alpha value is -1.86. The fraction of sp³-hybridized carbons (Fsp3) is 0.429. The number of anilines is 1. The van der Waals surface area contributed by atoms with Crippen molar-refractivity contribution >= 4 is 11.6 Å². The van der Waals surface area contributed by atoms with Crippen molar-refractivity contribution in [3.63, 3.8) is 0 Å². The van der Waals surface area contributed by atoms with E-state index < -0.39 is 6.04 Å². The molecule has 4 heteroatoms. The minimum Gasteiger partial charge on any atom is -0.319 e. The Morgan fingerprint density at radius 2 is 1.94 bits per heavy atom. The number of carbonyl (C=O) groups is 1. The van der Waals surface area contributed by atoms with Crippen LogP contribution >= 0.6 is 0 Å². The first-order valence-electron chi connectivity index (χ1n) is 5.81. The Bertz CT molecular complexity index is 483.